The summed E-state index contributed by atoms with van der Waals surface area (Å²) < 4.78 is 24.0. The third-order valence-corrected chi connectivity index (χ3v) is 14.3. The molecular formula is C33H54N2O6. The third-order valence-electron chi connectivity index (χ3n) is 14.3. The molecule has 8 heteroatoms. The fraction of sp³-hybridized carbons (Fsp3) is 1.00. The molecule has 4 aliphatic carbocycles. The van der Waals surface area contributed by atoms with E-state index < -0.39 is 0 Å². The molecule has 8 aliphatic rings. The SMILES string of the molecule is C[C@]12C[C@H](N3CCC4(CC3)OCCO4)[C@@H](O)C[C@@H]1CC[C@@H]1[C@@H]2CC[C@]2(C)[C@@H](O)[C@@H](N3CCC4(CC3)OCCO4)C[C@@H]12. The van der Waals surface area contributed by atoms with Crippen molar-refractivity contribution in [2.75, 3.05) is 52.6 Å². The largest absolute Gasteiger partial charge is 0.391 e. The molecule has 4 saturated carbocycles. The molecule has 0 aromatic carbocycles. The number of piperidine rings is 2. The molecular weight excluding hydrogens is 520 g/mol. The van der Waals surface area contributed by atoms with Crippen LogP contribution >= 0.6 is 0 Å². The summed E-state index contributed by atoms with van der Waals surface area (Å²) in [6, 6.07) is 0.499. The molecule has 0 aromatic heterocycles. The summed E-state index contributed by atoms with van der Waals surface area (Å²) in [6.07, 6.45) is 11.3. The van der Waals surface area contributed by atoms with Gasteiger partial charge in [0.15, 0.2) is 11.6 Å². The highest BCUT2D eigenvalue weighted by Gasteiger charge is 2.64. The number of hydrogen-bond donors (Lipinski definition) is 2. The van der Waals surface area contributed by atoms with Gasteiger partial charge in [-0.15, -0.1) is 0 Å². The van der Waals surface area contributed by atoms with Crippen molar-refractivity contribution in [2.45, 2.75) is 120 Å². The van der Waals surface area contributed by atoms with Crippen molar-refractivity contribution < 1.29 is 29.2 Å². The van der Waals surface area contributed by atoms with E-state index in [1.54, 1.807) is 0 Å². The Morgan fingerprint density at radius 1 is 0.610 bits per heavy atom. The Balaban J connectivity index is 0.976. The third kappa shape index (κ3) is 4.36. The van der Waals surface area contributed by atoms with Gasteiger partial charge in [0.1, 0.15) is 0 Å². The fourth-order valence-corrected chi connectivity index (χ4v) is 11.9. The van der Waals surface area contributed by atoms with Gasteiger partial charge in [0, 0.05) is 63.9 Å². The Bertz CT molecular complexity index is 965. The van der Waals surface area contributed by atoms with Crippen LogP contribution in [0.1, 0.15) is 84.5 Å². The molecule has 4 saturated heterocycles. The highest BCUT2D eigenvalue weighted by molar-refractivity contribution is 5.14. The van der Waals surface area contributed by atoms with E-state index in [0.717, 1.165) is 77.5 Å². The molecule has 10 atom stereocenters. The van der Waals surface area contributed by atoms with Crippen molar-refractivity contribution in [1.82, 2.24) is 9.80 Å². The maximum atomic E-state index is 11.9. The van der Waals surface area contributed by atoms with E-state index >= 15 is 0 Å². The van der Waals surface area contributed by atoms with Crippen LogP contribution in [0.25, 0.3) is 0 Å². The zero-order chi connectivity index (χ0) is 28.0. The second-order valence-corrected chi connectivity index (χ2v) is 15.8. The number of hydrogen-bond acceptors (Lipinski definition) is 8. The summed E-state index contributed by atoms with van der Waals surface area (Å²) in [6.45, 7) is 11.7. The van der Waals surface area contributed by atoms with Crippen molar-refractivity contribution in [3.8, 4) is 0 Å². The highest BCUT2D eigenvalue weighted by atomic mass is 16.7. The molecule has 0 aromatic rings. The van der Waals surface area contributed by atoms with Crippen molar-refractivity contribution in [2.24, 2.45) is 34.5 Å². The molecule has 232 valence electrons. The summed E-state index contributed by atoms with van der Waals surface area (Å²) in [5, 5.41) is 23.4. The van der Waals surface area contributed by atoms with E-state index in [9.17, 15) is 10.2 Å². The average molecular weight is 575 g/mol. The van der Waals surface area contributed by atoms with Crippen LogP contribution in [0.4, 0.5) is 0 Å². The van der Waals surface area contributed by atoms with Crippen molar-refractivity contribution >= 4 is 0 Å². The standard InChI is InChI=1S/C33H54N2O6/c1-30-6-5-24-23(25(30)20-26(29(30)37)34-11-7-32(8-12-34)38-15-16-39-32)4-3-22-19-28(36)27(21-31(22,24)2)35-13-9-33(10-14-35)40-17-18-41-33/h22-29,36-37H,3-21H2,1-2H3/t22-,23+,24-,25-,26-,27-,28-,29-,30-,31-/m0/s1. The van der Waals surface area contributed by atoms with Crippen LogP contribution in [0.5, 0.6) is 0 Å². The smallest absolute Gasteiger partial charge is 0.170 e. The Morgan fingerprint density at radius 2 is 1.17 bits per heavy atom. The minimum Gasteiger partial charge on any atom is -0.391 e. The first-order valence-electron chi connectivity index (χ1n) is 17.1. The first-order valence-corrected chi connectivity index (χ1v) is 17.1. The normalized spacial score (nSPS) is 51.5. The van der Waals surface area contributed by atoms with Gasteiger partial charge in [-0.2, -0.15) is 0 Å². The van der Waals surface area contributed by atoms with Gasteiger partial charge in [-0.25, -0.2) is 0 Å². The predicted molar refractivity (Wildman–Crippen MR) is 153 cm³/mol. The first kappa shape index (κ1) is 28.2. The molecule has 0 unspecified atom stereocenters. The molecule has 0 amide bonds. The molecule has 2 N–H and O–H groups in total. The van der Waals surface area contributed by atoms with Crippen LogP contribution in [0, 0.1) is 34.5 Å². The zero-order valence-corrected chi connectivity index (χ0v) is 25.5. The number of fused-ring (bicyclic) bond motifs is 5. The Labute approximate surface area is 246 Å². The van der Waals surface area contributed by atoms with Crippen LogP contribution in [0.3, 0.4) is 0 Å². The molecule has 0 radical (unpaired) electrons. The minimum absolute atomic E-state index is 0.0145. The van der Waals surface area contributed by atoms with Crippen LogP contribution < -0.4 is 0 Å². The van der Waals surface area contributed by atoms with Gasteiger partial charge in [0.05, 0.1) is 38.6 Å². The second kappa shape index (κ2) is 10.1. The minimum atomic E-state index is -0.363. The number of aliphatic hydroxyl groups excluding tert-OH is 2. The second-order valence-electron chi connectivity index (χ2n) is 15.8. The summed E-state index contributed by atoms with van der Waals surface area (Å²) >= 11 is 0. The van der Waals surface area contributed by atoms with Crippen LogP contribution in [0.2, 0.25) is 0 Å². The first-order chi connectivity index (χ1) is 19.7. The lowest BCUT2D eigenvalue weighted by Gasteiger charge is -2.62. The lowest BCUT2D eigenvalue weighted by Crippen LogP contribution is -2.61. The molecule has 0 bridgehead atoms. The topological polar surface area (TPSA) is 83.9 Å². The van der Waals surface area contributed by atoms with Gasteiger partial charge in [0.25, 0.3) is 0 Å². The van der Waals surface area contributed by atoms with Gasteiger partial charge < -0.3 is 29.2 Å². The number of ether oxygens (including phenoxy) is 4. The Morgan fingerprint density at radius 3 is 1.76 bits per heavy atom. The maximum absolute atomic E-state index is 11.9. The Kier molecular flexibility index (Phi) is 6.94. The number of nitrogens with zero attached hydrogens (tertiary/aromatic N) is 2. The molecule has 4 heterocycles. The maximum Gasteiger partial charge on any atom is 0.170 e. The number of rotatable bonds is 2. The van der Waals surface area contributed by atoms with E-state index in [1.807, 2.05) is 0 Å². The summed E-state index contributed by atoms with van der Waals surface area (Å²) in [5.74, 6) is 1.87. The molecule has 2 spiro atoms. The summed E-state index contributed by atoms with van der Waals surface area (Å²) in [5.41, 5.74) is 0.280. The van der Waals surface area contributed by atoms with Crippen LogP contribution in [0.15, 0.2) is 0 Å². The molecule has 4 aliphatic heterocycles. The van der Waals surface area contributed by atoms with Crippen molar-refractivity contribution in [3.63, 3.8) is 0 Å². The van der Waals surface area contributed by atoms with Gasteiger partial charge in [0.2, 0.25) is 0 Å². The summed E-state index contributed by atoms with van der Waals surface area (Å²) in [7, 11) is 0. The number of aliphatic hydroxyl groups is 2. The fourth-order valence-electron chi connectivity index (χ4n) is 11.9. The highest BCUT2D eigenvalue weighted by Crippen LogP contribution is 2.67. The van der Waals surface area contributed by atoms with Crippen LogP contribution in [-0.4, -0.2) is 108 Å². The average Bonchev–Trinajstić information content (AvgIpc) is 3.69. The zero-order valence-electron chi connectivity index (χ0n) is 25.5. The number of likely N-dealkylation sites (tertiary alicyclic amines) is 2. The van der Waals surface area contributed by atoms with E-state index in [4.69, 9.17) is 18.9 Å². The molecule has 41 heavy (non-hydrogen) atoms. The van der Waals surface area contributed by atoms with E-state index in [1.165, 1.54) is 19.3 Å². The van der Waals surface area contributed by atoms with Crippen molar-refractivity contribution in [1.29, 1.82) is 0 Å². The van der Waals surface area contributed by atoms with Gasteiger partial charge in [-0.05, 0) is 79.4 Å². The van der Waals surface area contributed by atoms with Crippen molar-refractivity contribution in [3.05, 3.63) is 0 Å². The predicted octanol–water partition coefficient (Wildman–Crippen LogP) is 3.39. The lowest BCUT2D eigenvalue weighted by atomic mass is 9.44. The summed E-state index contributed by atoms with van der Waals surface area (Å²) in [4.78, 5) is 5.16. The van der Waals surface area contributed by atoms with E-state index in [-0.39, 0.29) is 46.7 Å². The van der Waals surface area contributed by atoms with Gasteiger partial charge in [-0.3, -0.25) is 9.80 Å². The monoisotopic (exact) mass is 574 g/mol. The lowest BCUT2D eigenvalue weighted by molar-refractivity contribution is -0.200. The quantitative estimate of drug-likeness (QED) is 0.520. The molecule has 8 fully saturated rings. The van der Waals surface area contributed by atoms with Crippen LogP contribution in [-0.2, 0) is 18.9 Å². The Hall–Kier alpha value is -0.320. The molecule has 8 nitrogen and oxygen atoms in total. The van der Waals surface area contributed by atoms with Gasteiger partial charge >= 0.3 is 0 Å². The van der Waals surface area contributed by atoms with E-state index in [0.29, 0.717) is 50.1 Å². The van der Waals surface area contributed by atoms with E-state index in [2.05, 4.69) is 23.6 Å². The van der Waals surface area contributed by atoms with Gasteiger partial charge in [-0.1, -0.05) is 13.8 Å². The molecule has 8 rings (SSSR count).